The molecule has 5 nitrogen and oxygen atoms in total. The van der Waals surface area contributed by atoms with Crippen molar-refractivity contribution in [1.29, 1.82) is 0 Å². The number of piperazine rings is 1. The Labute approximate surface area is 129 Å². The van der Waals surface area contributed by atoms with Crippen LogP contribution in [0.3, 0.4) is 0 Å². The summed E-state index contributed by atoms with van der Waals surface area (Å²) >= 11 is 1.67. The third kappa shape index (κ3) is 3.01. The van der Waals surface area contributed by atoms with Crippen molar-refractivity contribution in [1.82, 2.24) is 15.0 Å². The van der Waals surface area contributed by atoms with Crippen molar-refractivity contribution in [2.45, 2.75) is 11.2 Å². The number of nitrogens with one attached hydrogen (secondary N) is 1. The number of methoxy groups -OCH3 is 1. The molecule has 0 bridgehead atoms. The van der Waals surface area contributed by atoms with Crippen LogP contribution >= 0.6 is 11.8 Å². The van der Waals surface area contributed by atoms with Crippen LogP contribution in [0.4, 0.5) is 0 Å². The minimum absolute atomic E-state index is 0.321. The topological polar surface area (TPSA) is 42.3 Å². The number of nitrogens with zero attached hydrogens (tertiary/aromatic N) is 3. The number of rotatable bonds is 4. The predicted molar refractivity (Wildman–Crippen MR) is 85.7 cm³/mol. The summed E-state index contributed by atoms with van der Waals surface area (Å²) < 4.78 is 7.38. The van der Waals surface area contributed by atoms with Gasteiger partial charge in [-0.05, 0) is 24.0 Å². The van der Waals surface area contributed by atoms with E-state index in [1.165, 1.54) is 5.56 Å². The molecule has 2 heterocycles. The molecular weight excluding hydrogens is 284 g/mol. The fraction of sp³-hybridized carbons (Fsp3) is 0.400. The minimum Gasteiger partial charge on any atom is -0.497 e. The molecule has 21 heavy (non-hydrogen) atoms. The summed E-state index contributed by atoms with van der Waals surface area (Å²) in [6.07, 6.45) is 5.94. The first-order valence-corrected chi connectivity index (χ1v) is 8.24. The van der Waals surface area contributed by atoms with Crippen molar-refractivity contribution < 1.29 is 4.74 Å². The minimum atomic E-state index is 0.321. The summed E-state index contributed by atoms with van der Waals surface area (Å²) in [5.74, 6) is 0.894. The summed E-state index contributed by atoms with van der Waals surface area (Å²) in [6, 6.07) is 8.61. The molecule has 3 rings (SSSR count). The molecule has 0 saturated carbocycles. The lowest BCUT2D eigenvalue weighted by Gasteiger charge is -2.36. The highest BCUT2D eigenvalue weighted by Gasteiger charge is 2.22. The maximum atomic E-state index is 5.22. The maximum Gasteiger partial charge on any atom is 0.186 e. The van der Waals surface area contributed by atoms with E-state index in [9.17, 15) is 0 Å². The Morgan fingerprint density at radius 3 is 2.86 bits per heavy atom. The second kappa shape index (κ2) is 6.41. The molecule has 1 aromatic heterocycles. The highest BCUT2D eigenvalue weighted by Crippen LogP contribution is 2.21. The van der Waals surface area contributed by atoms with Gasteiger partial charge in [0.05, 0.1) is 19.7 Å². The maximum absolute atomic E-state index is 5.22. The molecule has 112 valence electrons. The summed E-state index contributed by atoms with van der Waals surface area (Å²) in [4.78, 5) is 4.38. The van der Waals surface area contributed by atoms with Gasteiger partial charge < -0.3 is 15.1 Å². The van der Waals surface area contributed by atoms with Gasteiger partial charge >= 0.3 is 0 Å². The van der Waals surface area contributed by atoms with E-state index >= 15 is 0 Å². The number of aromatic nitrogens is 2. The van der Waals surface area contributed by atoms with Crippen LogP contribution in [-0.4, -0.2) is 42.7 Å². The van der Waals surface area contributed by atoms with E-state index in [1.807, 2.05) is 24.5 Å². The largest absolute Gasteiger partial charge is 0.497 e. The van der Waals surface area contributed by atoms with Crippen LogP contribution in [0.15, 0.2) is 41.8 Å². The molecule has 1 aliphatic heterocycles. The van der Waals surface area contributed by atoms with Crippen molar-refractivity contribution in [2.75, 3.05) is 38.0 Å². The van der Waals surface area contributed by atoms with Gasteiger partial charge in [-0.2, -0.15) is 0 Å². The van der Waals surface area contributed by atoms with E-state index in [1.54, 1.807) is 18.9 Å². The second-order valence-corrected chi connectivity index (χ2v) is 5.72. The van der Waals surface area contributed by atoms with Crippen LogP contribution < -0.4 is 15.1 Å². The molecule has 1 aromatic carbocycles. The van der Waals surface area contributed by atoms with E-state index in [-0.39, 0.29) is 0 Å². The predicted octanol–water partition coefficient (Wildman–Crippen LogP) is 1.90. The average Bonchev–Trinajstić information content (AvgIpc) is 3.04. The molecule has 6 heteroatoms. The van der Waals surface area contributed by atoms with Crippen molar-refractivity contribution in [3.8, 4) is 5.75 Å². The Morgan fingerprint density at radius 2 is 2.14 bits per heavy atom. The molecule has 1 aliphatic rings. The Kier molecular flexibility index (Phi) is 4.36. The molecule has 1 atom stereocenters. The second-order valence-electron chi connectivity index (χ2n) is 4.95. The number of benzene rings is 1. The van der Waals surface area contributed by atoms with Crippen LogP contribution in [0, 0.1) is 0 Å². The first kappa shape index (κ1) is 14.3. The lowest BCUT2D eigenvalue weighted by molar-refractivity contribution is 0.395. The number of hydrogen-bond acceptors (Lipinski definition) is 5. The molecule has 1 saturated heterocycles. The monoisotopic (exact) mass is 304 g/mol. The fourth-order valence-corrected chi connectivity index (χ4v) is 3.16. The molecule has 0 amide bonds. The first-order valence-electron chi connectivity index (χ1n) is 7.01. The zero-order valence-corrected chi connectivity index (χ0v) is 13.1. The summed E-state index contributed by atoms with van der Waals surface area (Å²) in [7, 11) is 1.69. The van der Waals surface area contributed by atoms with Gasteiger partial charge in [-0.1, -0.05) is 23.9 Å². The molecule has 2 aromatic rings. The van der Waals surface area contributed by atoms with Gasteiger partial charge in [-0.15, -0.1) is 0 Å². The van der Waals surface area contributed by atoms with Crippen molar-refractivity contribution in [3.05, 3.63) is 42.2 Å². The summed E-state index contributed by atoms with van der Waals surface area (Å²) in [6.45, 7) is 2.87. The molecular formula is C15H20N4OS. The lowest BCUT2D eigenvalue weighted by Crippen LogP contribution is -2.50. The SMILES string of the molecule is COc1ccc(C2CN(n3ccnc3SC)CCN2)cc1. The number of ether oxygens (including phenoxy) is 1. The van der Waals surface area contributed by atoms with Crippen LogP contribution in [-0.2, 0) is 0 Å². The van der Waals surface area contributed by atoms with Crippen LogP contribution in [0.2, 0.25) is 0 Å². The highest BCUT2D eigenvalue weighted by molar-refractivity contribution is 7.98. The van der Waals surface area contributed by atoms with Gasteiger partial charge in [0, 0.05) is 25.5 Å². The standard InChI is InChI=1S/C15H20N4OS/c1-20-13-5-3-12(4-6-13)14-11-18(9-7-16-14)19-10-8-17-15(19)21-2/h3-6,8,10,14,16H,7,9,11H2,1-2H3. The van der Waals surface area contributed by atoms with Gasteiger partial charge in [-0.3, -0.25) is 0 Å². The van der Waals surface area contributed by atoms with Crippen LogP contribution in [0.1, 0.15) is 11.6 Å². The van der Waals surface area contributed by atoms with Gasteiger partial charge in [0.15, 0.2) is 5.16 Å². The number of thioether (sulfide) groups is 1. The average molecular weight is 304 g/mol. The fourth-order valence-electron chi connectivity index (χ4n) is 2.63. The quantitative estimate of drug-likeness (QED) is 0.874. The smallest absolute Gasteiger partial charge is 0.186 e. The highest BCUT2D eigenvalue weighted by atomic mass is 32.2. The van der Waals surface area contributed by atoms with E-state index < -0.39 is 0 Å². The van der Waals surface area contributed by atoms with Crippen molar-refractivity contribution >= 4 is 11.8 Å². The summed E-state index contributed by atoms with van der Waals surface area (Å²) in [5, 5.41) is 6.95. The van der Waals surface area contributed by atoms with Crippen molar-refractivity contribution in [2.24, 2.45) is 0 Å². The Morgan fingerprint density at radius 1 is 1.33 bits per heavy atom. The van der Waals surface area contributed by atoms with Crippen LogP contribution in [0.5, 0.6) is 5.75 Å². The van der Waals surface area contributed by atoms with Crippen LogP contribution in [0.25, 0.3) is 0 Å². The Balaban J connectivity index is 1.76. The number of hydrogen-bond donors (Lipinski definition) is 1. The van der Waals surface area contributed by atoms with Gasteiger partial charge in [0.2, 0.25) is 0 Å². The van der Waals surface area contributed by atoms with E-state index in [4.69, 9.17) is 4.74 Å². The summed E-state index contributed by atoms with van der Waals surface area (Å²) in [5.41, 5.74) is 1.28. The first-order chi connectivity index (χ1) is 10.3. The van der Waals surface area contributed by atoms with E-state index in [0.29, 0.717) is 6.04 Å². The third-order valence-electron chi connectivity index (χ3n) is 3.75. The molecule has 0 radical (unpaired) electrons. The Hall–Kier alpha value is -1.66. The molecule has 0 aliphatic carbocycles. The normalized spacial score (nSPS) is 18.8. The van der Waals surface area contributed by atoms with Gasteiger partial charge in [0.25, 0.3) is 0 Å². The van der Waals surface area contributed by atoms with Crippen molar-refractivity contribution in [3.63, 3.8) is 0 Å². The number of imidazole rings is 1. The van der Waals surface area contributed by atoms with Gasteiger partial charge in [0.1, 0.15) is 5.75 Å². The molecule has 1 fully saturated rings. The zero-order valence-electron chi connectivity index (χ0n) is 12.3. The zero-order chi connectivity index (χ0) is 14.7. The third-order valence-corrected chi connectivity index (χ3v) is 4.41. The van der Waals surface area contributed by atoms with Gasteiger partial charge in [-0.25, -0.2) is 9.66 Å². The Bertz CT molecular complexity index is 584. The van der Waals surface area contributed by atoms with E-state index in [0.717, 1.165) is 30.5 Å². The molecule has 1 N–H and O–H groups in total. The lowest BCUT2D eigenvalue weighted by atomic mass is 10.1. The van der Waals surface area contributed by atoms with E-state index in [2.05, 4.69) is 38.4 Å². The molecule has 0 spiro atoms. The molecule has 1 unspecified atom stereocenters.